The number of hydrogen-bond acceptors (Lipinski definition) is 7. The minimum absolute atomic E-state index is 0.488. The first-order chi connectivity index (χ1) is 9.65. The Morgan fingerprint density at radius 1 is 1.35 bits per heavy atom. The van der Waals surface area contributed by atoms with Crippen molar-refractivity contribution in [3.63, 3.8) is 0 Å². The van der Waals surface area contributed by atoms with Gasteiger partial charge in [-0.15, -0.1) is 22.7 Å². The molecular weight excluding hydrogens is 292 g/mol. The Bertz CT molecular complexity index is 728. The topological polar surface area (TPSA) is 77.8 Å². The number of hydrogen-bond donors (Lipinski definition) is 1. The summed E-state index contributed by atoms with van der Waals surface area (Å²) in [5.74, 6) is 1.12. The molecule has 7 heteroatoms. The van der Waals surface area contributed by atoms with Gasteiger partial charge in [0.1, 0.15) is 5.01 Å². The van der Waals surface area contributed by atoms with E-state index in [1.54, 1.807) is 22.7 Å². The van der Waals surface area contributed by atoms with E-state index in [0.717, 1.165) is 27.7 Å². The maximum atomic E-state index is 5.99. The van der Waals surface area contributed by atoms with Crippen molar-refractivity contribution in [2.24, 2.45) is 0 Å². The zero-order valence-electron chi connectivity index (χ0n) is 11.2. The lowest BCUT2D eigenvalue weighted by Gasteiger charge is -1.89. The minimum atomic E-state index is 0.488. The molecule has 3 rings (SSSR count). The predicted molar refractivity (Wildman–Crippen MR) is 81.1 cm³/mol. The molecule has 0 aliphatic carbocycles. The molecule has 0 bridgehead atoms. The van der Waals surface area contributed by atoms with Gasteiger partial charge in [0.25, 0.3) is 5.89 Å². The maximum absolute atomic E-state index is 5.99. The molecule has 0 amide bonds. The number of rotatable bonds is 4. The highest BCUT2D eigenvalue weighted by atomic mass is 32.1. The van der Waals surface area contributed by atoms with E-state index in [1.807, 2.05) is 18.4 Å². The number of aromatic nitrogens is 3. The van der Waals surface area contributed by atoms with Crippen LogP contribution in [0.15, 0.2) is 16.0 Å². The van der Waals surface area contributed by atoms with Gasteiger partial charge in [0, 0.05) is 16.0 Å². The summed E-state index contributed by atoms with van der Waals surface area (Å²) in [6.07, 6.45) is 1.54. The molecule has 20 heavy (non-hydrogen) atoms. The number of aryl methyl sites for hydroxylation is 2. The van der Waals surface area contributed by atoms with Gasteiger partial charge in [-0.2, -0.15) is 4.98 Å². The van der Waals surface area contributed by atoms with Crippen molar-refractivity contribution in [3.8, 4) is 11.5 Å². The fourth-order valence-corrected chi connectivity index (χ4v) is 3.48. The van der Waals surface area contributed by atoms with Gasteiger partial charge in [-0.05, 0) is 19.4 Å². The molecule has 3 aromatic heterocycles. The van der Waals surface area contributed by atoms with Crippen molar-refractivity contribution in [2.75, 3.05) is 5.73 Å². The van der Waals surface area contributed by atoms with Gasteiger partial charge in [0.2, 0.25) is 0 Å². The van der Waals surface area contributed by atoms with Gasteiger partial charge in [0.15, 0.2) is 5.82 Å². The number of thiazole rings is 1. The first kappa shape index (κ1) is 13.3. The van der Waals surface area contributed by atoms with Gasteiger partial charge in [-0.1, -0.05) is 12.1 Å². The fourth-order valence-electron chi connectivity index (χ4n) is 1.85. The quantitative estimate of drug-likeness (QED) is 0.800. The summed E-state index contributed by atoms with van der Waals surface area (Å²) in [6.45, 7) is 4.07. The standard InChI is InChI=1S/C13H14N4OS2/c1-3-8-4-9(12(14)20-8)13-16-10(17-18-13)5-11-15-7(2)6-19-11/h4,6H,3,5,14H2,1-2H3. The molecular formula is C13H14N4OS2. The van der Waals surface area contributed by atoms with Crippen LogP contribution in [0.5, 0.6) is 0 Å². The lowest BCUT2D eigenvalue weighted by molar-refractivity contribution is 0.424. The monoisotopic (exact) mass is 306 g/mol. The fraction of sp³-hybridized carbons (Fsp3) is 0.308. The van der Waals surface area contributed by atoms with Crippen LogP contribution < -0.4 is 5.73 Å². The molecule has 2 N–H and O–H groups in total. The Kier molecular flexibility index (Phi) is 3.54. The largest absolute Gasteiger partial charge is 0.390 e. The molecule has 3 aromatic rings. The van der Waals surface area contributed by atoms with Crippen LogP contribution in [0.1, 0.15) is 28.3 Å². The number of nitrogen functional groups attached to an aromatic ring is 1. The normalized spacial score (nSPS) is 11.1. The van der Waals surface area contributed by atoms with Gasteiger partial charge < -0.3 is 10.3 Å². The van der Waals surface area contributed by atoms with Gasteiger partial charge in [-0.25, -0.2) is 4.98 Å². The van der Waals surface area contributed by atoms with E-state index in [1.165, 1.54) is 4.88 Å². The summed E-state index contributed by atoms with van der Waals surface area (Å²) < 4.78 is 5.31. The highest BCUT2D eigenvalue weighted by Gasteiger charge is 2.15. The third-order valence-corrected chi connectivity index (χ3v) is 4.91. The summed E-state index contributed by atoms with van der Waals surface area (Å²) in [5, 5.41) is 7.73. The van der Waals surface area contributed by atoms with Crippen molar-refractivity contribution in [2.45, 2.75) is 26.7 Å². The van der Waals surface area contributed by atoms with Crippen molar-refractivity contribution in [1.82, 2.24) is 15.1 Å². The Labute approximate surface area is 124 Å². The Balaban J connectivity index is 1.84. The van der Waals surface area contributed by atoms with Crippen molar-refractivity contribution < 1.29 is 4.52 Å². The van der Waals surface area contributed by atoms with Crippen LogP contribution in [0.4, 0.5) is 5.00 Å². The molecule has 0 aromatic carbocycles. The zero-order valence-corrected chi connectivity index (χ0v) is 12.8. The summed E-state index contributed by atoms with van der Waals surface area (Å²) in [5.41, 5.74) is 7.85. The molecule has 0 spiro atoms. The molecule has 0 fully saturated rings. The Morgan fingerprint density at radius 2 is 2.20 bits per heavy atom. The van der Waals surface area contributed by atoms with Crippen molar-refractivity contribution >= 4 is 27.7 Å². The van der Waals surface area contributed by atoms with Gasteiger partial charge in [-0.3, -0.25) is 0 Å². The van der Waals surface area contributed by atoms with Crippen molar-refractivity contribution in [3.05, 3.63) is 32.8 Å². The lowest BCUT2D eigenvalue weighted by atomic mass is 10.2. The van der Waals surface area contributed by atoms with E-state index in [2.05, 4.69) is 22.0 Å². The van der Waals surface area contributed by atoms with Gasteiger partial charge >= 0.3 is 0 Å². The molecule has 0 radical (unpaired) electrons. The maximum Gasteiger partial charge on any atom is 0.260 e. The van der Waals surface area contributed by atoms with Crippen LogP contribution in [-0.2, 0) is 12.8 Å². The molecule has 3 heterocycles. The summed E-state index contributed by atoms with van der Waals surface area (Å²) in [7, 11) is 0. The smallest absolute Gasteiger partial charge is 0.260 e. The van der Waals surface area contributed by atoms with Crippen LogP contribution in [-0.4, -0.2) is 15.1 Å². The molecule has 0 aliphatic rings. The first-order valence-corrected chi connectivity index (χ1v) is 7.97. The molecule has 0 saturated carbocycles. The lowest BCUT2D eigenvalue weighted by Crippen LogP contribution is -1.90. The Morgan fingerprint density at radius 3 is 2.85 bits per heavy atom. The Hall–Kier alpha value is -1.73. The van der Waals surface area contributed by atoms with Crippen LogP contribution in [0.3, 0.4) is 0 Å². The van der Waals surface area contributed by atoms with Crippen molar-refractivity contribution in [1.29, 1.82) is 0 Å². The average molecular weight is 306 g/mol. The second-order valence-corrected chi connectivity index (χ2v) is 6.53. The molecule has 0 aliphatic heterocycles. The highest BCUT2D eigenvalue weighted by Crippen LogP contribution is 2.33. The van der Waals surface area contributed by atoms with E-state index in [9.17, 15) is 0 Å². The first-order valence-electron chi connectivity index (χ1n) is 6.28. The van der Waals surface area contributed by atoms with Gasteiger partial charge in [0.05, 0.1) is 17.0 Å². The summed E-state index contributed by atoms with van der Waals surface area (Å²) in [4.78, 5) is 10.0. The SMILES string of the molecule is CCc1cc(-c2nc(Cc3nc(C)cs3)no2)c(N)s1. The van der Waals surface area contributed by atoms with E-state index >= 15 is 0 Å². The second kappa shape index (κ2) is 5.34. The summed E-state index contributed by atoms with van der Waals surface area (Å²) >= 11 is 3.17. The number of thiophene rings is 1. The van der Waals surface area contributed by atoms with E-state index < -0.39 is 0 Å². The highest BCUT2D eigenvalue weighted by molar-refractivity contribution is 7.16. The summed E-state index contributed by atoms with van der Waals surface area (Å²) in [6, 6.07) is 2.02. The molecule has 0 unspecified atom stereocenters. The van der Waals surface area contributed by atoms with E-state index in [4.69, 9.17) is 10.3 Å². The zero-order chi connectivity index (χ0) is 14.1. The third-order valence-electron chi connectivity index (χ3n) is 2.83. The van der Waals surface area contributed by atoms with Crippen LogP contribution in [0, 0.1) is 6.92 Å². The van der Waals surface area contributed by atoms with E-state index in [0.29, 0.717) is 18.1 Å². The average Bonchev–Trinajstić information content (AvgIpc) is 3.11. The van der Waals surface area contributed by atoms with Crippen LogP contribution in [0.2, 0.25) is 0 Å². The predicted octanol–water partition coefficient (Wildman–Crippen LogP) is 3.30. The number of nitrogens with two attached hydrogens (primary N) is 1. The number of anilines is 1. The molecule has 5 nitrogen and oxygen atoms in total. The second-order valence-electron chi connectivity index (χ2n) is 4.42. The van der Waals surface area contributed by atoms with Crippen LogP contribution >= 0.6 is 22.7 Å². The minimum Gasteiger partial charge on any atom is -0.390 e. The molecule has 0 saturated heterocycles. The van der Waals surface area contributed by atoms with Crippen LogP contribution in [0.25, 0.3) is 11.5 Å². The van der Waals surface area contributed by atoms with E-state index in [-0.39, 0.29) is 0 Å². The number of nitrogens with zero attached hydrogens (tertiary/aromatic N) is 3. The third kappa shape index (κ3) is 2.59. The molecule has 104 valence electrons. The molecule has 0 atom stereocenters.